The minimum atomic E-state index is -2.92. The molecule has 2 saturated heterocycles. The first-order chi connectivity index (χ1) is 9.63. The molecule has 2 heterocycles. The van der Waals surface area contributed by atoms with Gasteiger partial charge in [0.15, 0.2) is 9.84 Å². The number of nitrogens with one attached hydrogen (secondary N) is 1. The molecule has 2 aliphatic heterocycles. The molecule has 4 nitrogen and oxygen atoms in total. The normalized spacial score (nSPS) is 28.9. The van der Waals surface area contributed by atoms with Gasteiger partial charge in [0, 0.05) is 6.54 Å². The van der Waals surface area contributed by atoms with Crippen molar-refractivity contribution in [1.82, 2.24) is 10.2 Å². The summed E-state index contributed by atoms with van der Waals surface area (Å²) in [6.45, 7) is 6.95. The van der Waals surface area contributed by atoms with Crippen molar-refractivity contribution in [2.45, 2.75) is 50.7 Å². The number of sulfone groups is 1. The third-order valence-corrected chi connectivity index (χ3v) is 7.08. The van der Waals surface area contributed by atoms with Gasteiger partial charge in [-0.15, -0.1) is 0 Å². The van der Waals surface area contributed by atoms with Gasteiger partial charge < -0.3 is 10.2 Å². The molecule has 0 saturated carbocycles. The van der Waals surface area contributed by atoms with Gasteiger partial charge in [-0.1, -0.05) is 19.8 Å². The lowest BCUT2D eigenvalue weighted by atomic mass is 10.0. The van der Waals surface area contributed by atoms with Gasteiger partial charge in [-0.05, 0) is 57.8 Å². The molecule has 2 fully saturated rings. The second kappa shape index (κ2) is 7.76. The minimum absolute atomic E-state index is 0.135. The van der Waals surface area contributed by atoms with E-state index in [1.54, 1.807) is 0 Å². The van der Waals surface area contributed by atoms with Crippen molar-refractivity contribution in [1.29, 1.82) is 0 Å². The fraction of sp³-hybridized carbons (Fsp3) is 1.00. The molecule has 1 unspecified atom stereocenters. The SMILES string of the molecule is CCC[C@@H]1CNCC1S(=O)(=O)CCCN1CCCCC1. The molecule has 1 N–H and O–H groups in total. The molecule has 0 aromatic heterocycles. The van der Waals surface area contributed by atoms with Gasteiger partial charge in [-0.25, -0.2) is 8.42 Å². The molecule has 2 rings (SSSR count). The summed E-state index contributed by atoms with van der Waals surface area (Å²) < 4.78 is 25.0. The predicted octanol–water partition coefficient (Wildman–Crippen LogP) is 1.67. The first-order valence-corrected chi connectivity index (χ1v) is 9.99. The predicted molar refractivity (Wildman–Crippen MR) is 83.8 cm³/mol. The second-order valence-corrected chi connectivity index (χ2v) is 8.71. The van der Waals surface area contributed by atoms with Crippen LogP contribution >= 0.6 is 0 Å². The van der Waals surface area contributed by atoms with E-state index in [0.717, 1.165) is 45.4 Å². The molecule has 2 aliphatic rings. The Hall–Kier alpha value is -0.130. The summed E-state index contributed by atoms with van der Waals surface area (Å²) in [5.74, 6) is 0.704. The van der Waals surface area contributed by atoms with E-state index in [9.17, 15) is 8.42 Å². The molecule has 0 amide bonds. The first kappa shape index (κ1) is 16.2. The highest BCUT2D eigenvalue weighted by Gasteiger charge is 2.36. The number of hydrogen-bond donors (Lipinski definition) is 1. The summed E-state index contributed by atoms with van der Waals surface area (Å²) >= 11 is 0. The maximum atomic E-state index is 12.5. The van der Waals surface area contributed by atoms with E-state index in [1.807, 2.05) is 0 Å². The van der Waals surface area contributed by atoms with Crippen LogP contribution in [0, 0.1) is 5.92 Å². The van der Waals surface area contributed by atoms with Crippen molar-refractivity contribution in [3.05, 3.63) is 0 Å². The molecule has 0 bridgehead atoms. The first-order valence-electron chi connectivity index (χ1n) is 8.28. The van der Waals surface area contributed by atoms with E-state index in [1.165, 1.54) is 19.3 Å². The summed E-state index contributed by atoms with van der Waals surface area (Å²) in [6, 6.07) is 0. The monoisotopic (exact) mass is 302 g/mol. The zero-order valence-corrected chi connectivity index (χ0v) is 13.6. The van der Waals surface area contributed by atoms with Crippen molar-refractivity contribution >= 4 is 9.84 Å². The maximum absolute atomic E-state index is 12.5. The van der Waals surface area contributed by atoms with E-state index in [0.29, 0.717) is 18.2 Å². The average molecular weight is 302 g/mol. The maximum Gasteiger partial charge on any atom is 0.154 e. The topological polar surface area (TPSA) is 49.4 Å². The van der Waals surface area contributed by atoms with E-state index in [-0.39, 0.29) is 5.25 Å². The van der Waals surface area contributed by atoms with E-state index in [2.05, 4.69) is 17.1 Å². The van der Waals surface area contributed by atoms with Crippen LogP contribution in [0.1, 0.15) is 45.4 Å². The fourth-order valence-electron chi connectivity index (χ4n) is 3.61. The van der Waals surface area contributed by atoms with Gasteiger partial charge in [0.25, 0.3) is 0 Å². The van der Waals surface area contributed by atoms with Crippen molar-refractivity contribution in [3.63, 3.8) is 0 Å². The molecule has 0 aromatic rings. The molecule has 5 heteroatoms. The molecule has 0 aromatic carbocycles. The van der Waals surface area contributed by atoms with Gasteiger partial charge in [0.1, 0.15) is 0 Å². The molecule has 0 spiro atoms. The Labute approximate surface area is 124 Å². The quantitative estimate of drug-likeness (QED) is 0.777. The third-order valence-electron chi connectivity index (χ3n) is 4.75. The highest BCUT2D eigenvalue weighted by molar-refractivity contribution is 7.92. The van der Waals surface area contributed by atoms with Crippen LogP contribution in [0.4, 0.5) is 0 Å². The van der Waals surface area contributed by atoms with Crippen LogP contribution in [0.3, 0.4) is 0 Å². The van der Waals surface area contributed by atoms with Gasteiger partial charge in [0.05, 0.1) is 11.0 Å². The molecule has 0 aliphatic carbocycles. The molecular formula is C15H30N2O2S. The van der Waals surface area contributed by atoms with Crippen molar-refractivity contribution in [3.8, 4) is 0 Å². The highest BCUT2D eigenvalue weighted by Crippen LogP contribution is 2.23. The second-order valence-electron chi connectivity index (χ2n) is 6.37. The number of rotatable bonds is 7. The summed E-state index contributed by atoms with van der Waals surface area (Å²) in [5.41, 5.74) is 0. The highest BCUT2D eigenvalue weighted by atomic mass is 32.2. The van der Waals surface area contributed by atoms with Crippen molar-refractivity contribution in [2.24, 2.45) is 5.92 Å². The van der Waals surface area contributed by atoms with Crippen LogP contribution in [0.25, 0.3) is 0 Å². The van der Waals surface area contributed by atoms with Crippen molar-refractivity contribution in [2.75, 3.05) is 38.5 Å². The number of piperidine rings is 1. The number of hydrogen-bond acceptors (Lipinski definition) is 4. The van der Waals surface area contributed by atoms with Gasteiger partial charge >= 0.3 is 0 Å². The molecule has 2 atom stereocenters. The van der Waals surface area contributed by atoms with Crippen LogP contribution in [0.2, 0.25) is 0 Å². The van der Waals surface area contributed by atoms with Crippen LogP contribution < -0.4 is 5.32 Å². The van der Waals surface area contributed by atoms with Gasteiger partial charge in [-0.2, -0.15) is 0 Å². The Balaban J connectivity index is 1.77. The van der Waals surface area contributed by atoms with Gasteiger partial charge in [0.2, 0.25) is 0 Å². The Kier molecular flexibility index (Phi) is 6.30. The van der Waals surface area contributed by atoms with E-state index >= 15 is 0 Å². The third kappa shape index (κ3) is 4.43. The number of nitrogens with zero attached hydrogens (tertiary/aromatic N) is 1. The van der Waals surface area contributed by atoms with Crippen molar-refractivity contribution < 1.29 is 8.42 Å². The Morgan fingerprint density at radius 2 is 1.90 bits per heavy atom. The molecule has 0 radical (unpaired) electrons. The summed E-state index contributed by atoms with van der Waals surface area (Å²) in [7, 11) is -2.92. The standard InChI is InChI=1S/C15H30N2O2S/c1-2-7-14-12-16-13-15(14)20(18,19)11-6-10-17-8-4-3-5-9-17/h14-16H,2-13H2,1H3/t14-,15?/m1/s1. The molecule has 118 valence electrons. The van der Waals surface area contributed by atoms with E-state index in [4.69, 9.17) is 0 Å². The van der Waals surface area contributed by atoms with Crippen LogP contribution in [0.5, 0.6) is 0 Å². The zero-order valence-electron chi connectivity index (χ0n) is 12.8. The summed E-state index contributed by atoms with van der Waals surface area (Å²) in [6.07, 6.45) is 6.80. The van der Waals surface area contributed by atoms with Crippen LogP contribution in [0.15, 0.2) is 0 Å². The smallest absolute Gasteiger partial charge is 0.154 e. The Morgan fingerprint density at radius 3 is 2.60 bits per heavy atom. The lowest BCUT2D eigenvalue weighted by Crippen LogP contribution is -2.34. The average Bonchev–Trinajstić information content (AvgIpc) is 2.89. The van der Waals surface area contributed by atoms with Gasteiger partial charge in [-0.3, -0.25) is 0 Å². The molecular weight excluding hydrogens is 272 g/mol. The number of likely N-dealkylation sites (tertiary alicyclic amines) is 1. The Bertz CT molecular complexity index is 377. The Morgan fingerprint density at radius 1 is 1.15 bits per heavy atom. The molecule has 20 heavy (non-hydrogen) atoms. The lowest BCUT2D eigenvalue weighted by molar-refractivity contribution is 0.229. The summed E-state index contributed by atoms with van der Waals surface area (Å²) in [5, 5.41) is 3.13. The van der Waals surface area contributed by atoms with E-state index < -0.39 is 9.84 Å². The lowest BCUT2D eigenvalue weighted by Gasteiger charge is -2.26. The minimum Gasteiger partial charge on any atom is -0.315 e. The van der Waals surface area contributed by atoms with Crippen LogP contribution in [-0.2, 0) is 9.84 Å². The fourth-order valence-corrected chi connectivity index (χ4v) is 5.64. The summed E-state index contributed by atoms with van der Waals surface area (Å²) in [4.78, 5) is 2.43. The zero-order chi connectivity index (χ0) is 14.4. The van der Waals surface area contributed by atoms with Crippen LogP contribution in [-0.4, -0.2) is 57.0 Å². The largest absolute Gasteiger partial charge is 0.315 e.